The number of nitrogens with zero attached hydrogens (tertiary/aromatic N) is 3. The SMILES string of the molecule is CC(C)c1ccc(-n2nc(-c3ccccn3)cc2CCCCCC(=O)NC(=O)C(N)CO)cc1. The fourth-order valence-corrected chi connectivity index (χ4v) is 3.61. The van der Waals surface area contributed by atoms with E-state index in [9.17, 15) is 9.59 Å². The summed E-state index contributed by atoms with van der Waals surface area (Å²) in [6.45, 7) is 3.85. The predicted octanol–water partition coefficient (Wildman–Crippen LogP) is 3.12. The van der Waals surface area contributed by atoms with Crippen LogP contribution in [0, 0.1) is 0 Å². The molecule has 0 saturated carbocycles. The largest absolute Gasteiger partial charge is 0.394 e. The Kier molecular flexibility index (Phi) is 9.07. The number of aromatic nitrogens is 3. The fourth-order valence-electron chi connectivity index (χ4n) is 3.61. The van der Waals surface area contributed by atoms with E-state index >= 15 is 0 Å². The van der Waals surface area contributed by atoms with Gasteiger partial charge in [0.1, 0.15) is 11.7 Å². The Bertz CT molecular complexity index is 1080. The first-order valence-electron chi connectivity index (χ1n) is 11.7. The summed E-state index contributed by atoms with van der Waals surface area (Å²) in [5.74, 6) is -0.564. The second-order valence-electron chi connectivity index (χ2n) is 8.66. The summed E-state index contributed by atoms with van der Waals surface area (Å²) in [5.41, 5.74) is 10.4. The number of nitrogens with one attached hydrogen (secondary N) is 1. The lowest BCUT2D eigenvalue weighted by molar-refractivity contribution is -0.131. The van der Waals surface area contributed by atoms with E-state index in [1.807, 2.05) is 22.9 Å². The van der Waals surface area contributed by atoms with Crippen LogP contribution in [-0.2, 0) is 16.0 Å². The van der Waals surface area contributed by atoms with Crippen molar-refractivity contribution in [2.24, 2.45) is 5.73 Å². The highest BCUT2D eigenvalue weighted by Gasteiger charge is 2.15. The highest BCUT2D eigenvalue weighted by atomic mass is 16.3. The van der Waals surface area contributed by atoms with E-state index in [1.54, 1.807) is 6.20 Å². The fraction of sp³-hybridized carbons (Fsp3) is 0.385. The van der Waals surface area contributed by atoms with Gasteiger partial charge in [0.05, 0.1) is 18.0 Å². The molecule has 1 aromatic carbocycles. The second-order valence-corrected chi connectivity index (χ2v) is 8.66. The molecular weight excluding hydrogens is 430 g/mol. The maximum absolute atomic E-state index is 11.9. The number of carbonyl (C=O) groups excluding carboxylic acids is 2. The maximum atomic E-state index is 11.9. The number of amides is 2. The average molecular weight is 464 g/mol. The summed E-state index contributed by atoms with van der Waals surface area (Å²) < 4.78 is 1.97. The van der Waals surface area contributed by atoms with Crippen molar-refractivity contribution in [2.45, 2.75) is 57.9 Å². The van der Waals surface area contributed by atoms with Crippen molar-refractivity contribution in [2.75, 3.05) is 6.61 Å². The lowest BCUT2D eigenvalue weighted by Crippen LogP contribution is -2.45. The van der Waals surface area contributed by atoms with Crippen LogP contribution in [0.2, 0.25) is 0 Å². The Morgan fingerprint density at radius 1 is 1.06 bits per heavy atom. The monoisotopic (exact) mass is 463 g/mol. The molecule has 0 aliphatic heterocycles. The number of carbonyl (C=O) groups is 2. The molecule has 4 N–H and O–H groups in total. The molecule has 8 heteroatoms. The van der Waals surface area contributed by atoms with Gasteiger partial charge in [-0.2, -0.15) is 5.10 Å². The van der Waals surface area contributed by atoms with Gasteiger partial charge < -0.3 is 10.8 Å². The normalized spacial score (nSPS) is 12.0. The van der Waals surface area contributed by atoms with E-state index in [-0.39, 0.29) is 12.3 Å². The molecule has 0 saturated heterocycles. The van der Waals surface area contributed by atoms with Crippen LogP contribution in [0.15, 0.2) is 54.7 Å². The standard InChI is InChI=1S/C26H33N5O3/c1-18(2)19-11-13-20(14-12-19)31-21(16-24(30-31)23-9-6-7-15-28-23)8-4-3-5-10-25(33)29-26(34)22(27)17-32/h6-7,9,11-16,18,22,32H,3-5,8,10,17,27H2,1-2H3,(H,29,33,34). The van der Waals surface area contributed by atoms with E-state index in [0.717, 1.165) is 42.0 Å². The number of unbranched alkanes of at least 4 members (excludes halogenated alkanes) is 2. The molecule has 0 fully saturated rings. The van der Waals surface area contributed by atoms with Crippen LogP contribution in [0.25, 0.3) is 17.1 Å². The quantitative estimate of drug-likeness (QED) is 0.376. The number of nitrogens with two attached hydrogens (primary N) is 1. The molecule has 0 aliphatic rings. The van der Waals surface area contributed by atoms with Gasteiger partial charge in [-0.1, -0.05) is 38.5 Å². The van der Waals surface area contributed by atoms with Gasteiger partial charge in [-0.15, -0.1) is 0 Å². The van der Waals surface area contributed by atoms with Crippen molar-refractivity contribution in [3.8, 4) is 17.1 Å². The number of pyridine rings is 1. The van der Waals surface area contributed by atoms with Crippen LogP contribution in [0.1, 0.15) is 56.7 Å². The Hall–Kier alpha value is -3.36. The molecule has 1 unspecified atom stereocenters. The van der Waals surface area contributed by atoms with Gasteiger partial charge in [0.25, 0.3) is 0 Å². The summed E-state index contributed by atoms with van der Waals surface area (Å²) >= 11 is 0. The van der Waals surface area contributed by atoms with Crippen molar-refractivity contribution in [1.82, 2.24) is 20.1 Å². The highest BCUT2D eigenvalue weighted by molar-refractivity contribution is 5.97. The number of rotatable bonds is 11. The number of hydrogen-bond donors (Lipinski definition) is 3. The highest BCUT2D eigenvalue weighted by Crippen LogP contribution is 2.23. The molecule has 1 atom stereocenters. The molecule has 8 nitrogen and oxygen atoms in total. The van der Waals surface area contributed by atoms with Crippen LogP contribution in [0.3, 0.4) is 0 Å². The number of aliphatic hydroxyl groups excluding tert-OH is 1. The second kappa shape index (κ2) is 12.2. The van der Waals surface area contributed by atoms with E-state index < -0.39 is 18.6 Å². The maximum Gasteiger partial charge on any atom is 0.245 e. The van der Waals surface area contributed by atoms with Crippen LogP contribution in [0.5, 0.6) is 0 Å². The average Bonchev–Trinajstić information content (AvgIpc) is 3.28. The first-order chi connectivity index (χ1) is 16.4. The minimum absolute atomic E-state index is 0.235. The first-order valence-corrected chi connectivity index (χ1v) is 11.7. The van der Waals surface area contributed by atoms with Gasteiger partial charge in [-0.25, -0.2) is 4.68 Å². The van der Waals surface area contributed by atoms with Gasteiger partial charge >= 0.3 is 0 Å². The van der Waals surface area contributed by atoms with Crippen LogP contribution in [-0.4, -0.2) is 44.3 Å². The van der Waals surface area contributed by atoms with E-state index in [2.05, 4.69) is 54.5 Å². The van der Waals surface area contributed by atoms with Crippen molar-refractivity contribution >= 4 is 11.8 Å². The third-order valence-corrected chi connectivity index (χ3v) is 5.65. The van der Waals surface area contributed by atoms with Crippen molar-refractivity contribution in [3.63, 3.8) is 0 Å². The molecule has 2 amide bonds. The number of aryl methyl sites for hydroxylation is 1. The zero-order valence-corrected chi connectivity index (χ0v) is 19.8. The number of aliphatic hydroxyl groups is 1. The lowest BCUT2D eigenvalue weighted by atomic mass is 10.0. The third kappa shape index (κ3) is 6.82. The summed E-state index contributed by atoms with van der Waals surface area (Å²) in [6.07, 6.45) is 5.13. The third-order valence-electron chi connectivity index (χ3n) is 5.65. The lowest BCUT2D eigenvalue weighted by Gasteiger charge is -2.10. The van der Waals surface area contributed by atoms with E-state index in [4.69, 9.17) is 15.9 Å². The number of benzene rings is 1. The Labute approximate surface area is 200 Å². The number of hydrogen-bond acceptors (Lipinski definition) is 6. The molecule has 2 heterocycles. The number of imide groups is 1. The summed E-state index contributed by atoms with van der Waals surface area (Å²) in [5, 5.41) is 15.9. The Balaban J connectivity index is 1.64. The van der Waals surface area contributed by atoms with Crippen LogP contribution >= 0.6 is 0 Å². The van der Waals surface area contributed by atoms with Crippen LogP contribution < -0.4 is 11.1 Å². The molecule has 180 valence electrons. The van der Waals surface area contributed by atoms with Gasteiger partial charge in [0.15, 0.2) is 0 Å². The van der Waals surface area contributed by atoms with Gasteiger partial charge in [0, 0.05) is 18.3 Å². The first kappa shape index (κ1) is 25.3. The molecule has 3 aromatic rings. The van der Waals surface area contributed by atoms with Gasteiger partial charge in [-0.05, 0) is 61.1 Å². The van der Waals surface area contributed by atoms with Crippen molar-refractivity contribution in [3.05, 3.63) is 66.0 Å². The van der Waals surface area contributed by atoms with Crippen molar-refractivity contribution in [1.29, 1.82) is 0 Å². The zero-order valence-electron chi connectivity index (χ0n) is 19.8. The van der Waals surface area contributed by atoms with Gasteiger partial charge in [0.2, 0.25) is 11.8 Å². The van der Waals surface area contributed by atoms with Crippen LogP contribution in [0.4, 0.5) is 0 Å². The van der Waals surface area contributed by atoms with Gasteiger partial charge in [-0.3, -0.25) is 19.9 Å². The summed E-state index contributed by atoms with van der Waals surface area (Å²) in [4.78, 5) is 27.9. The Morgan fingerprint density at radius 2 is 1.82 bits per heavy atom. The van der Waals surface area contributed by atoms with E-state index in [1.165, 1.54) is 5.56 Å². The molecule has 0 radical (unpaired) electrons. The predicted molar refractivity (Wildman–Crippen MR) is 131 cm³/mol. The topological polar surface area (TPSA) is 123 Å². The molecule has 0 bridgehead atoms. The molecule has 2 aromatic heterocycles. The Morgan fingerprint density at radius 3 is 2.47 bits per heavy atom. The molecule has 3 rings (SSSR count). The van der Waals surface area contributed by atoms with E-state index in [0.29, 0.717) is 12.3 Å². The summed E-state index contributed by atoms with van der Waals surface area (Å²) in [6, 6.07) is 15.2. The molecular formula is C26H33N5O3. The van der Waals surface area contributed by atoms with Crippen molar-refractivity contribution < 1.29 is 14.7 Å². The zero-order chi connectivity index (χ0) is 24.5. The minimum atomic E-state index is -1.08. The molecule has 0 aliphatic carbocycles. The molecule has 34 heavy (non-hydrogen) atoms. The summed E-state index contributed by atoms with van der Waals surface area (Å²) in [7, 11) is 0. The smallest absolute Gasteiger partial charge is 0.245 e. The minimum Gasteiger partial charge on any atom is -0.394 e. The molecule has 0 spiro atoms.